The Labute approximate surface area is 121 Å². The maximum atomic E-state index is 5.77. The average molecular weight is 281 g/mol. The van der Waals surface area contributed by atoms with Gasteiger partial charge in [0, 0.05) is 23.5 Å². The minimum atomic E-state index is 0.404. The zero-order valence-electron chi connectivity index (χ0n) is 12.4. The summed E-state index contributed by atoms with van der Waals surface area (Å²) in [6, 6.07) is 0.404. The Kier molecular flexibility index (Phi) is 4.98. The number of nitrogens with one attached hydrogen (secondary N) is 1. The Morgan fingerprint density at radius 3 is 2.53 bits per heavy atom. The Hall–Kier alpha value is -0.450. The van der Waals surface area contributed by atoms with Gasteiger partial charge in [0.15, 0.2) is 0 Å². The molecule has 1 fully saturated rings. The van der Waals surface area contributed by atoms with E-state index in [1.807, 2.05) is 11.7 Å². The number of nitrogens with zero attached hydrogens (tertiary/aromatic N) is 1. The van der Waals surface area contributed by atoms with Crippen molar-refractivity contribution < 1.29 is 0 Å². The van der Waals surface area contributed by atoms with E-state index >= 15 is 0 Å². The third-order valence-corrected chi connectivity index (χ3v) is 5.49. The number of hydrogen-bond acceptors (Lipinski definition) is 4. The maximum Gasteiger partial charge on any atom is 0.0794 e. The highest BCUT2D eigenvalue weighted by Crippen LogP contribution is 2.41. The lowest BCUT2D eigenvalue weighted by atomic mass is 9.68. The summed E-state index contributed by atoms with van der Waals surface area (Å²) in [6.07, 6.45) is 8.27. The quantitative estimate of drug-likeness (QED) is 0.657. The summed E-state index contributed by atoms with van der Waals surface area (Å²) in [5.41, 5.74) is 5.40. The second-order valence-corrected chi connectivity index (χ2v) is 7.89. The minimum Gasteiger partial charge on any atom is -0.271 e. The number of rotatable bonds is 4. The van der Waals surface area contributed by atoms with Crippen LogP contribution in [0.5, 0.6) is 0 Å². The molecule has 1 aliphatic rings. The van der Waals surface area contributed by atoms with Gasteiger partial charge in [-0.3, -0.25) is 16.3 Å². The van der Waals surface area contributed by atoms with E-state index in [1.165, 1.54) is 30.6 Å². The van der Waals surface area contributed by atoms with Gasteiger partial charge in [0.2, 0.25) is 0 Å². The van der Waals surface area contributed by atoms with E-state index in [-0.39, 0.29) is 0 Å². The first-order chi connectivity index (χ1) is 9.00. The van der Waals surface area contributed by atoms with Crippen LogP contribution in [0.2, 0.25) is 0 Å². The van der Waals surface area contributed by atoms with Crippen molar-refractivity contribution in [3.8, 4) is 0 Å². The lowest BCUT2D eigenvalue weighted by Crippen LogP contribution is -2.44. The first-order valence-electron chi connectivity index (χ1n) is 7.34. The predicted molar refractivity (Wildman–Crippen MR) is 81.8 cm³/mol. The molecule has 0 amide bonds. The highest BCUT2D eigenvalue weighted by atomic mass is 32.1. The van der Waals surface area contributed by atoms with Crippen molar-refractivity contribution >= 4 is 11.3 Å². The van der Waals surface area contributed by atoms with Gasteiger partial charge in [0.05, 0.1) is 5.51 Å². The first kappa shape index (κ1) is 14.9. The van der Waals surface area contributed by atoms with Gasteiger partial charge in [-0.05, 0) is 42.9 Å². The standard InChI is InChI=1S/C15H27N3S/c1-15(2,3)12-6-4-11(5-7-12)14(18-16)8-13-9-17-10-19-13/h9-12,14,18H,4-8,16H2,1-3H3. The second-order valence-electron chi connectivity index (χ2n) is 6.92. The topological polar surface area (TPSA) is 50.9 Å². The highest BCUT2D eigenvalue weighted by Gasteiger charge is 2.32. The van der Waals surface area contributed by atoms with Crippen molar-refractivity contribution in [3.05, 3.63) is 16.6 Å². The van der Waals surface area contributed by atoms with E-state index in [1.54, 1.807) is 11.3 Å². The number of hydrogen-bond donors (Lipinski definition) is 2. The van der Waals surface area contributed by atoms with Gasteiger partial charge >= 0.3 is 0 Å². The number of aromatic nitrogens is 1. The fourth-order valence-electron chi connectivity index (χ4n) is 3.31. The summed E-state index contributed by atoms with van der Waals surface area (Å²) in [7, 11) is 0. The highest BCUT2D eigenvalue weighted by molar-refractivity contribution is 7.09. The lowest BCUT2D eigenvalue weighted by Gasteiger charge is -2.39. The molecule has 1 aliphatic carbocycles. The van der Waals surface area contributed by atoms with Gasteiger partial charge in [0.25, 0.3) is 0 Å². The van der Waals surface area contributed by atoms with Crippen molar-refractivity contribution in [3.63, 3.8) is 0 Å². The summed E-state index contributed by atoms with van der Waals surface area (Å²) in [5, 5.41) is 0. The third-order valence-electron chi connectivity index (χ3n) is 4.68. The fraction of sp³-hybridized carbons (Fsp3) is 0.800. The maximum absolute atomic E-state index is 5.77. The molecule has 4 heteroatoms. The number of nitrogens with two attached hydrogens (primary N) is 1. The van der Waals surface area contributed by atoms with Gasteiger partial charge in [0.1, 0.15) is 0 Å². The molecule has 0 aliphatic heterocycles. The Balaban J connectivity index is 1.88. The zero-order valence-corrected chi connectivity index (χ0v) is 13.2. The van der Waals surface area contributed by atoms with Gasteiger partial charge < -0.3 is 0 Å². The molecule has 0 bridgehead atoms. The van der Waals surface area contributed by atoms with Crippen LogP contribution in [0.25, 0.3) is 0 Å². The average Bonchev–Trinajstić information content (AvgIpc) is 2.88. The van der Waals surface area contributed by atoms with Crippen molar-refractivity contribution in [2.24, 2.45) is 23.1 Å². The molecule has 1 aromatic heterocycles. The number of thiazole rings is 1. The van der Waals surface area contributed by atoms with E-state index in [2.05, 4.69) is 31.2 Å². The summed E-state index contributed by atoms with van der Waals surface area (Å²) >= 11 is 1.73. The van der Waals surface area contributed by atoms with Crippen LogP contribution in [-0.2, 0) is 6.42 Å². The van der Waals surface area contributed by atoms with E-state index in [0.29, 0.717) is 17.4 Å². The van der Waals surface area contributed by atoms with Gasteiger partial charge in [-0.15, -0.1) is 11.3 Å². The molecule has 3 N–H and O–H groups in total. The summed E-state index contributed by atoms with van der Waals surface area (Å²) in [5.74, 6) is 7.35. The van der Waals surface area contributed by atoms with Gasteiger partial charge in [-0.25, -0.2) is 0 Å². The molecule has 2 rings (SSSR count). The molecule has 1 atom stereocenters. The number of hydrazine groups is 1. The summed E-state index contributed by atoms with van der Waals surface area (Å²) < 4.78 is 0. The molecule has 0 saturated heterocycles. The molecule has 0 aromatic carbocycles. The molecule has 1 unspecified atom stereocenters. The third kappa shape index (κ3) is 4.01. The predicted octanol–water partition coefficient (Wildman–Crippen LogP) is 3.37. The molecular weight excluding hydrogens is 254 g/mol. The van der Waals surface area contributed by atoms with Crippen LogP contribution in [0, 0.1) is 17.3 Å². The van der Waals surface area contributed by atoms with Crippen LogP contribution >= 0.6 is 11.3 Å². The Morgan fingerprint density at radius 2 is 2.05 bits per heavy atom. The monoisotopic (exact) mass is 281 g/mol. The van der Waals surface area contributed by atoms with Crippen molar-refractivity contribution in [2.45, 2.75) is 58.9 Å². The Bertz CT molecular complexity index is 361. The molecule has 3 nitrogen and oxygen atoms in total. The van der Waals surface area contributed by atoms with Gasteiger partial charge in [-0.2, -0.15) is 0 Å². The Morgan fingerprint density at radius 1 is 1.37 bits per heavy atom. The van der Waals surface area contributed by atoms with E-state index in [0.717, 1.165) is 12.3 Å². The van der Waals surface area contributed by atoms with Crippen LogP contribution in [0.3, 0.4) is 0 Å². The first-order valence-corrected chi connectivity index (χ1v) is 8.22. The molecule has 1 heterocycles. The molecule has 108 valence electrons. The summed E-state index contributed by atoms with van der Waals surface area (Å²) in [6.45, 7) is 7.11. The van der Waals surface area contributed by atoms with Crippen LogP contribution in [0.15, 0.2) is 11.7 Å². The van der Waals surface area contributed by atoms with Crippen molar-refractivity contribution in [2.75, 3.05) is 0 Å². The molecule has 19 heavy (non-hydrogen) atoms. The minimum absolute atomic E-state index is 0.404. The molecular formula is C15H27N3S. The fourth-order valence-corrected chi connectivity index (χ4v) is 3.96. The molecule has 1 aromatic rings. The SMILES string of the molecule is CC(C)(C)C1CCC(C(Cc2cncs2)NN)CC1. The lowest BCUT2D eigenvalue weighted by molar-refractivity contribution is 0.132. The van der Waals surface area contributed by atoms with E-state index < -0.39 is 0 Å². The normalized spacial score (nSPS) is 26.3. The second kappa shape index (κ2) is 6.33. The van der Waals surface area contributed by atoms with Crippen LogP contribution in [0.1, 0.15) is 51.3 Å². The molecule has 0 spiro atoms. The summed E-state index contributed by atoms with van der Waals surface area (Å²) in [4.78, 5) is 5.48. The molecule has 1 saturated carbocycles. The van der Waals surface area contributed by atoms with Gasteiger partial charge in [-0.1, -0.05) is 20.8 Å². The van der Waals surface area contributed by atoms with Crippen LogP contribution in [0.4, 0.5) is 0 Å². The largest absolute Gasteiger partial charge is 0.271 e. The van der Waals surface area contributed by atoms with Crippen molar-refractivity contribution in [1.29, 1.82) is 0 Å². The molecule has 0 radical (unpaired) electrons. The zero-order chi connectivity index (χ0) is 13.9. The van der Waals surface area contributed by atoms with E-state index in [9.17, 15) is 0 Å². The van der Waals surface area contributed by atoms with Crippen LogP contribution in [-0.4, -0.2) is 11.0 Å². The van der Waals surface area contributed by atoms with E-state index in [4.69, 9.17) is 5.84 Å². The van der Waals surface area contributed by atoms with Crippen molar-refractivity contribution in [1.82, 2.24) is 10.4 Å². The van der Waals surface area contributed by atoms with Crippen LogP contribution < -0.4 is 11.3 Å². The smallest absolute Gasteiger partial charge is 0.0794 e.